The molecular formula is C14H19N2O4PS. The minimum Gasteiger partial charge on any atom is -0.419 e. The van der Waals surface area contributed by atoms with E-state index in [0.29, 0.717) is 11.8 Å². The molecule has 0 N–H and O–H groups in total. The van der Waals surface area contributed by atoms with Gasteiger partial charge in [-0.1, -0.05) is 6.07 Å². The Balaban J connectivity index is 2.07. The topological polar surface area (TPSA) is 64.8 Å². The summed E-state index contributed by atoms with van der Waals surface area (Å²) in [6.45, 7) is 1.72. The largest absolute Gasteiger partial charge is 0.419 e. The smallest absolute Gasteiger partial charge is 0.384 e. The van der Waals surface area contributed by atoms with Crippen LogP contribution in [0.1, 0.15) is 19.3 Å². The summed E-state index contributed by atoms with van der Waals surface area (Å²) in [7, 11) is -0.731. The Bertz CT molecular complexity index is 656. The Morgan fingerprint density at radius 2 is 2.00 bits per heavy atom. The minimum atomic E-state index is -3.46. The zero-order chi connectivity index (χ0) is 15.6. The molecule has 3 rings (SSSR count). The van der Waals surface area contributed by atoms with Crippen molar-refractivity contribution in [2.45, 2.75) is 19.3 Å². The van der Waals surface area contributed by atoms with Gasteiger partial charge >= 0.3 is 7.60 Å². The zero-order valence-corrected chi connectivity index (χ0v) is 14.4. The van der Waals surface area contributed by atoms with Crippen molar-refractivity contribution < 1.29 is 18.0 Å². The van der Waals surface area contributed by atoms with Crippen LogP contribution in [0.4, 0.5) is 5.88 Å². The van der Waals surface area contributed by atoms with E-state index in [-0.39, 0.29) is 5.44 Å². The molecule has 2 aromatic rings. The Morgan fingerprint density at radius 3 is 2.59 bits per heavy atom. The second kappa shape index (κ2) is 6.54. The van der Waals surface area contributed by atoms with Gasteiger partial charge in [0.25, 0.3) is 0 Å². The van der Waals surface area contributed by atoms with E-state index < -0.39 is 7.60 Å². The van der Waals surface area contributed by atoms with Gasteiger partial charge in [-0.15, -0.1) is 11.3 Å². The lowest BCUT2D eigenvalue weighted by Crippen LogP contribution is -2.32. The maximum atomic E-state index is 12.8. The number of rotatable bonds is 5. The minimum absolute atomic E-state index is 0.266. The molecule has 0 bridgehead atoms. The lowest BCUT2D eigenvalue weighted by molar-refractivity contribution is 0.286. The van der Waals surface area contributed by atoms with Crippen LogP contribution in [0.15, 0.2) is 21.9 Å². The fourth-order valence-corrected chi connectivity index (χ4v) is 4.32. The van der Waals surface area contributed by atoms with Crippen LogP contribution in [0.3, 0.4) is 0 Å². The molecule has 1 saturated heterocycles. The van der Waals surface area contributed by atoms with Crippen molar-refractivity contribution in [2.24, 2.45) is 0 Å². The average molecular weight is 342 g/mol. The maximum Gasteiger partial charge on any atom is 0.384 e. The van der Waals surface area contributed by atoms with Gasteiger partial charge in [0, 0.05) is 27.3 Å². The highest BCUT2D eigenvalue weighted by Gasteiger charge is 2.36. The van der Waals surface area contributed by atoms with Crippen LogP contribution in [-0.4, -0.2) is 32.3 Å². The average Bonchev–Trinajstić information content (AvgIpc) is 3.24. The van der Waals surface area contributed by atoms with Gasteiger partial charge in [-0.05, 0) is 30.7 Å². The highest BCUT2D eigenvalue weighted by Crippen LogP contribution is 2.48. The predicted octanol–water partition coefficient (Wildman–Crippen LogP) is 3.50. The van der Waals surface area contributed by atoms with Crippen LogP contribution < -0.4 is 10.3 Å². The molecule has 0 aliphatic carbocycles. The molecule has 1 aliphatic heterocycles. The van der Waals surface area contributed by atoms with Crippen molar-refractivity contribution in [3.63, 3.8) is 0 Å². The Labute approximate surface area is 133 Å². The quantitative estimate of drug-likeness (QED) is 0.775. The molecule has 0 saturated carbocycles. The first-order valence-corrected chi connectivity index (χ1v) is 9.62. The van der Waals surface area contributed by atoms with Gasteiger partial charge in [0.15, 0.2) is 0 Å². The van der Waals surface area contributed by atoms with E-state index in [1.807, 2.05) is 17.5 Å². The number of hydrogen-bond acceptors (Lipinski definition) is 7. The Morgan fingerprint density at radius 1 is 1.27 bits per heavy atom. The number of oxazole rings is 1. The third-order valence-corrected chi connectivity index (χ3v) is 6.34. The number of nitrogens with zero attached hydrogens (tertiary/aromatic N) is 2. The second-order valence-electron chi connectivity index (χ2n) is 5.04. The number of thiophene rings is 1. The molecule has 0 radical (unpaired) electrons. The molecule has 1 aliphatic rings. The van der Waals surface area contributed by atoms with Gasteiger partial charge in [-0.2, -0.15) is 4.98 Å². The lowest BCUT2D eigenvalue weighted by atomic mass is 10.1. The SMILES string of the molecule is COP(=O)(OC)c1nc(-c2cccs2)oc1N1CCCCC1. The van der Waals surface area contributed by atoms with Gasteiger partial charge in [0.05, 0.1) is 4.88 Å². The summed E-state index contributed by atoms with van der Waals surface area (Å²) >= 11 is 1.52. The van der Waals surface area contributed by atoms with E-state index in [1.54, 1.807) is 0 Å². The van der Waals surface area contributed by atoms with Crippen LogP contribution in [0.25, 0.3) is 10.8 Å². The van der Waals surface area contributed by atoms with E-state index >= 15 is 0 Å². The summed E-state index contributed by atoms with van der Waals surface area (Å²) in [5, 5.41) is 1.95. The van der Waals surface area contributed by atoms with Gasteiger partial charge in [0.2, 0.25) is 17.2 Å². The van der Waals surface area contributed by atoms with E-state index in [9.17, 15) is 4.57 Å². The highest BCUT2D eigenvalue weighted by atomic mass is 32.1. The van der Waals surface area contributed by atoms with Gasteiger partial charge in [0.1, 0.15) is 0 Å². The van der Waals surface area contributed by atoms with Crippen LogP contribution in [0.5, 0.6) is 0 Å². The first-order valence-electron chi connectivity index (χ1n) is 7.19. The van der Waals surface area contributed by atoms with Crippen LogP contribution in [0.2, 0.25) is 0 Å². The summed E-state index contributed by atoms with van der Waals surface area (Å²) < 4.78 is 29.0. The molecule has 0 unspecified atom stereocenters. The fraction of sp³-hybridized carbons (Fsp3) is 0.500. The number of anilines is 1. The molecule has 6 nitrogen and oxygen atoms in total. The molecule has 22 heavy (non-hydrogen) atoms. The van der Waals surface area contributed by atoms with Crippen molar-refractivity contribution in [2.75, 3.05) is 32.2 Å². The first kappa shape index (κ1) is 15.7. The molecule has 2 aromatic heterocycles. The normalized spacial score (nSPS) is 16.2. The summed E-state index contributed by atoms with van der Waals surface area (Å²) in [6, 6.07) is 3.85. The van der Waals surface area contributed by atoms with E-state index in [4.69, 9.17) is 13.5 Å². The fourth-order valence-electron chi connectivity index (χ4n) is 2.54. The van der Waals surface area contributed by atoms with Crippen LogP contribution in [-0.2, 0) is 13.6 Å². The monoisotopic (exact) mass is 342 g/mol. The molecule has 1 fully saturated rings. The zero-order valence-electron chi connectivity index (χ0n) is 12.7. The summed E-state index contributed by atoms with van der Waals surface area (Å²) in [4.78, 5) is 7.40. The molecule has 0 aromatic carbocycles. The van der Waals surface area contributed by atoms with Gasteiger partial charge < -0.3 is 18.4 Å². The molecule has 0 atom stereocenters. The van der Waals surface area contributed by atoms with Crippen molar-refractivity contribution in [3.05, 3.63) is 17.5 Å². The molecule has 120 valence electrons. The summed E-state index contributed by atoms with van der Waals surface area (Å²) in [5.41, 5.74) is 0.266. The van der Waals surface area contributed by atoms with E-state index in [0.717, 1.165) is 30.8 Å². The highest BCUT2D eigenvalue weighted by molar-refractivity contribution is 7.62. The molecule has 3 heterocycles. The third kappa shape index (κ3) is 2.86. The number of hydrogen-bond donors (Lipinski definition) is 0. The van der Waals surface area contributed by atoms with E-state index in [1.165, 1.54) is 32.0 Å². The summed E-state index contributed by atoms with van der Waals surface area (Å²) in [5.74, 6) is 0.968. The maximum absolute atomic E-state index is 12.8. The van der Waals surface area contributed by atoms with Crippen molar-refractivity contribution in [1.82, 2.24) is 4.98 Å². The summed E-state index contributed by atoms with van der Waals surface area (Å²) in [6.07, 6.45) is 3.36. The van der Waals surface area contributed by atoms with E-state index in [2.05, 4.69) is 9.88 Å². The van der Waals surface area contributed by atoms with Crippen LogP contribution >= 0.6 is 18.9 Å². The second-order valence-corrected chi connectivity index (χ2v) is 8.13. The molecular weight excluding hydrogens is 323 g/mol. The standard InChI is InChI=1S/C14H19N2O4PS/c1-18-21(17,19-2)13-14(16-8-4-3-5-9-16)20-12(15-13)11-7-6-10-22-11/h6-7,10H,3-5,8-9H2,1-2H3. The Hall–Kier alpha value is -1.14. The van der Waals surface area contributed by atoms with Gasteiger partial charge in [-0.3, -0.25) is 4.57 Å². The lowest BCUT2D eigenvalue weighted by Gasteiger charge is -2.27. The number of aromatic nitrogens is 1. The Kier molecular flexibility index (Phi) is 4.68. The first-order chi connectivity index (χ1) is 10.7. The van der Waals surface area contributed by atoms with Gasteiger partial charge in [-0.25, -0.2) is 0 Å². The van der Waals surface area contributed by atoms with Crippen molar-refractivity contribution in [3.8, 4) is 10.8 Å². The third-order valence-electron chi connectivity index (χ3n) is 3.71. The molecule has 0 spiro atoms. The molecule has 8 heteroatoms. The van der Waals surface area contributed by atoms with Crippen LogP contribution in [0, 0.1) is 0 Å². The van der Waals surface area contributed by atoms with Crippen molar-refractivity contribution in [1.29, 1.82) is 0 Å². The number of piperidine rings is 1. The van der Waals surface area contributed by atoms with Crippen molar-refractivity contribution >= 4 is 30.3 Å². The molecule has 0 amide bonds. The predicted molar refractivity (Wildman–Crippen MR) is 87.1 cm³/mol.